The van der Waals surface area contributed by atoms with Crippen LogP contribution in [0.4, 0.5) is 13.2 Å². The molecule has 1 aromatic heterocycles. The molecule has 0 bridgehead atoms. The number of benzene rings is 1. The molecule has 10 heteroatoms. The molecule has 1 fully saturated rings. The highest BCUT2D eigenvalue weighted by atomic mass is 32.2. The highest BCUT2D eigenvalue weighted by Gasteiger charge is 2.41. The second-order valence-corrected chi connectivity index (χ2v) is 12.4. The maximum atomic E-state index is 12.9. The summed E-state index contributed by atoms with van der Waals surface area (Å²) in [5.41, 5.74) is 2.06. The van der Waals surface area contributed by atoms with Gasteiger partial charge in [-0.2, -0.15) is 13.2 Å². The fourth-order valence-corrected chi connectivity index (χ4v) is 5.53. The van der Waals surface area contributed by atoms with E-state index in [0.717, 1.165) is 5.56 Å². The quantitative estimate of drug-likeness (QED) is 0.419. The molecule has 0 aliphatic heterocycles. The third-order valence-electron chi connectivity index (χ3n) is 7.10. The van der Waals surface area contributed by atoms with Gasteiger partial charge in [0.25, 0.3) is 5.91 Å². The summed E-state index contributed by atoms with van der Waals surface area (Å²) in [6.45, 7) is 6.58. The second-order valence-electron chi connectivity index (χ2n) is 10.1. The van der Waals surface area contributed by atoms with E-state index in [4.69, 9.17) is 0 Å². The summed E-state index contributed by atoms with van der Waals surface area (Å²) in [4.78, 5) is 16.9. The molecule has 1 heterocycles. The molecule has 1 aliphatic carbocycles. The highest BCUT2D eigenvalue weighted by Crippen LogP contribution is 2.39. The minimum absolute atomic E-state index is 0.00307. The number of halogens is 3. The van der Waals surface area contributed by atoms with Crippen molar-refractivity contribution in [2.75, 3.05) is 12.3 Å². The number of hydrogen-bond acceptors (Lipinski definition) is 5. The van der Waals surface area contributed by atoms with Gasteiger partial charge >= 0.3 is 6.18 Å². The predicted octanol–water partition coefficient (Wildman–Crippen LogP) is 5.46. The zero-order chi connectivity index (χ0) is 27.2. The molecule has 0 radical (unpaired) electrons. The first kappa shape index (κ1) is 29.1. The Balaban J connectivity index is 1.53. The summed E-state index contributed by atoms with van der Waals surface area (Å²) < 4.78 is 62.6. The lowest BCUT2D eigenvalue weighted by atomic mass is 9.81. The number of pyridine rings is 1. The first-order valence-electron chi connectivity index (χ1n) is 12.8. The van der Waals surface area contributed by atoms with Crippen LogP contribution in [0.2, 0.25) is 0 Å². The average molecular weight is 540 g/mol. The van der Waals surface area contributed by atoms with Crippen LogP contribution in [0.15, 0.2) is 47.5 Å². The number of amides is 1. The topological polar surface area (TPSA) is 88.2 Å². The van der Waals surface area contributed by atoms with E-state index in [0.29, 0.717) is 30.6 Å². The van der Waals surface area contributed by atoms with Crippen molar-refractivity contribution in [3.8, 4) is 0 Å². The Kier molecular flexibility index (Phi) is 9.74. The number of alkyl halides is 3. The van der Waals surface area contributed by atoms with Crippen molar-refractivity contribution >= 4 is 15.7 Å². The van der Waals surface area contributed by atoms with Crippen LogP contribution in [0.5, 0.6) is 0 Å². The number of aromatic nitrogens is 1. The summed E-state index contributed by atoms with van der Waals surface area (Å²) in [6.07, 6.45) is -1.24. The van der Waals surface area contributed by atoms with Gasteiger partial charge in [-0.15, -0.1) is 0 Å². The Hall–Kier alpha value is -2.46. The van der Waals surface area contributed by atoms with Crippen LogP contribution in [0, 0.1) is 17.8 Å². The van der Waals surface area contributed by atoms with Crippen molar-refractivity contribution in [3.63, 3.8) is 0 Å². The Morgan fingerprint density at radius 2 is 1.70 bits per heavy atom. The molecular formula is C27H36F3N3O3S. The smallest absolute Gasteiger partial charge is 0.346 e. The molecule has 3 rings (SSSR count). The lowest BCUT2D eigenvalue weighted by Gasteiger charge is -2.32. The van der Waals surface area contributed by atoms with Gasteiger partial charge in [0.1, 0.15) is 0 Å². The van der Waals surface area contributed by atoms with Crippen LogP contribution in [0.25, 0.3) is 0 Å². The van der Waals surface area contributed by atoms with Crippen molar-refractivity contribution in [3.05, 3.63) is 59.4 Å². The van der Waals surface area contributed by atoms with Gasteiger partial charge in [-0.25, -0.2) is 8.42 Å². The summed E-state index contributed by atoms with van der Waals surface area (Å²) in [6, 6.07) is 10.4. The van der Waals surface area contributed by atoms with E-state index in [1.807, 2.05) is 12.1 Å². The maximum Gasteiger partial charge on any atom is 0.391 e. The van der Waals surface area contributed by atoms with Crippen molar-refractivity contribution in [1.29, 1.82) is 0 Å². The SMILES string of the molecule is CCS(=O)(=O)c1ccc(CNC(=O)c2ccc(C(NCC3CCC(C(F)(F)F)CC3)C(C)C)cc2)nc1. The molecule has 1 aliphatic rings. The number of carbonyl (C=O) groups excluding carboxylic acids is 1. The van der Waals surface area contributed by atoms with Crippen molar-refractivity contribution in [1.82, 2.24) is 15.6 Å². The van der Waals surface area contributed by atoms with Gasteiger partial charge in [0.2, 0.25) is 0 Å². The van der Waals surface area contributed by atoms with Crippen LogP contribution in [0.1, 0.15) is 74.1 Å². The number of rotatable bonds is 10. The van der Waals surface area contributed by atoms with E-state index >= 15 is 0 Å². The molecule has 0 spiro atoms. The molecule has 2 N–H and O–H groups in total. The van der Waals surface area contributed by atoms with Crippen molar-refractivity contribution in [2.45, 2.75) is 70.1 Å². The minimum atomic E-state index is -4.09. The van der Waals surface area contributed by atoms with Gasteiger partial charge < -0.3 is 10.6 Å². The standard InChI is InChI=1S/C27H36F3N3O3S/c1-4-37(35,36)24-14-13-23(31-17-24)16-33-26(34)21-9-7-20(8-10-21)25(18(2)3)32-15-19-5-11-22(12-6-19)27(28,29)30/h7-10,13-14,17-19,22,25,32H,4-6,11-12,15-16H2,1-3H3,(H,33,34). The van der Waals surface area contributed by atoms with E-state index in [2.05, 4.69) is 29.5 Å². The number of nitrogens with one attached hydrogen (secondary N) is 2. The van der Waals surface area contributed by atoms with Crippen LogP contribution in [-0.4, -0.2) is 37.8 Å². The third-order valence-corrected chi connectivity index (χ3v) is 8.82. The fourth-order valence-electron chi connectivity index (χ4n) is 4.71. The van der Waals surface area contributed by atoms with Gasteiger partial charge in [0, 0.05) is 17.8 Å². The van der Waals surface area contributed by atoms with Crippen molar-refractivity contribution in [2.24, 2.45) is 17.8 Å². The Bertz CT molecular complexity index is 1130. The number of sulfone groups is 1. The summed E-state index contributed by atoms with van der Waals surface area (Å²) in [5.74, 6) is -0.951. The summed E-state index contributed by atoms with van der Waals surface area (Å²) >= 11 is 0. The molecule has 2 aromatic rings. The lowest BCUT2D eigenvalue weighted by Crippen LogP contribution is -2.34. The lowest BCUT2D eigenvalue weighted by molar-refractivity contribution is -0.183. The van der Waals surface area contributed by atoms with Gasteiger partial charge in [0.15, 0.2) is 9.84 Å². The molecular weight excluding hydrogens is 503 g/mol. The molecule has 6 nitrogen and oxygen atoms in total. The molecule has 1 unspecified atom stereocenters. The first-order valence-corrected chi connectivity index (χ1v) is 14.4. The molecule has 1 saturated carbocycles. The maximum absolute atomic E-state index is 12.9. The Morgan fingerprint density at radius 3 is 2.22 bits per heavy atom. The van der Waals surface area contributed by atoms with E-state index < -0.39 is 21.9 Å². The van der Waals surface area contributed by atoms with Crippen LogP contribution >= 0.6 is 0 Å². The van der Waals surface area contributed by atoms with E-state index in [1.165, 1.54) is 12.3 Å². The highest BCUT2D eigenvalue weighted by molar-refractivity contribution is 7.91. The molecule has 204 valence electrons. The zero-order valence-electron chi connectivity index (χ0n) is 21.5. The normalized spacial score (nSPS) is 19.5. The second kappa shape index (κ2) is 12.4. The van der Waals surface area contributed by atoms with E-state index in [-0.39, 0.29) is 53.8 Å². The van der Waals surface area contributed by atoms with Gasteiger partial charge in [-0.1, -0.05) is 32.9 Å². The molecule has 1 atom stereocenters. The summed E-state index contributed by atoms with van der Waals surface area (Å²) in [7, 11) is -3.32. The van der Waals surface area contributed by atoms with Gasteiger partial charge in [0.05, 0.1) is 28.8 Å². The van der Waals surface area contributed by atoms with Crippen LogP contribution in [-0.2, 0) is 16.4 Å². The number of carbonyl (C=O) groups is 1. The molecule has 1 aromatic carbocycles. The Labute approximate surface area is 217 Å². The molecule has 1 amide bonds. The predicted molar refractivity (Wildman–Crippen MR) is 137 cm³/mol. The first-order chi connectivity index (χ1) is 17.4. The monoisotopic (exact) mass is 539 g/mol. The number of nitrogens with zero attached hydrogens (tertiary/aromatic N) is 1. The van der Waals surface area contributed by atoms with Gasteiger partial charge in [-0.05, 0) is 73.9 Å². The fraction of sp³-hybridized carbons (Fsp3) is 0.556. The van der Waals surface area contributed by atoms with Crippen LogP contribution < -0.4 is 10.6 Å². The van der Waals surface area contributed by atoms with Crippen LogP contribution in [0.3, 0.4) is 0 Å². The molecule has 0 saturated heterocycles. The summed E-state index contributed by atoms with van der Waals surface area (Å²) in [5, 5.41) is 6.34. The average Bonchev–Trinajstić information content (AvgIpc) is 2.87. The number of hydrogen-bond donors (Lipinski definition) is 2. The van der Waals surface area contributed by atoms with E-state index in [9.17, 15) is 26.4 Å². The third kappa shape index (κ3) is 8.01. The van der Waals surface area contributed by atoms with Gasteiger partial charge in [-0.3, -0.25) is 9.78 Å². The van der Waals surface area contributed by atoms with E-state index in [1.54, 1.807) is 25.1 Å². The van der Waals surface area contributed by atoms with Crippen molar-refractivity contribution < 1.29 is 26.4 Å². The largest absolute Gasteiger partial charge is 0.391 e. The zero-order valence-corrected chi connectivity index (χ0v) is 22.3. The minimum Gasteiger partial charge on any atom is -0.346 e. The Morgan fingerprint density at radius 1 is 1.05 bits per heavy atom. The molecule has 37 heavy (non-hydrogen) atoms.